The second-order valence-corrected chi connectivity index (χ2v) is 6.44. The zero-order chi connectivity index (χ0) is 18.9. The van der Waals surface area contributed by atoms with E-state index in [0.717, 1.165) is 18.1 Å². The van der Waals surface area contributed by atoms with E-state index in [1.54, 1.807) is 7.05 Å². The summed E-state index contributed by atoms with van der Waals surface area (Å²) in [6, 6.07) is 16.1. The quantitative estimate of drug-likeness (QED) is 0.477. The lowest BCUT2D eigenvalue weighted by Gasteiger charge is -2.22. The van der Waals surface area contributed by atoms with Crippen molar-refractivity contribution in [3.63, 3.8) is 0 Å². The summed E-state index contributed by atoms with van der Waals surface area (Å²) in [7, 11) is 3.76. The lowest BCUT2D eigenvalue weighted by atomic mass is 10.1. The largest absolute Gasteiger partial charge is 0.354 e. The van der Waals surface area contributed by atoms with Crippen LogP contribution in [0.2, 0.25) is 0 Å². The SMILES string of the molecule is CN=C(NCCNC(=O)c1cccc(C)c1)N(C)Cc1ccc(C)cc1. The molecule has 0 aliphatic rings. The number of carbonyl (C=O) groups excluding carboxylic acids is 1. The third kappa shape index (κ3) is 5.92. The van der Waals surface area contributed by atoms with Gasteiger partial charge in [-0.2, -0.15) is 0 Å². The van der Waals surface area contributed by atoms with E-state index < -0.39 is 0 Å². The van der Waals surface area contributed by atoms with Gasteiger partial charge in [0.1, 0.15) is 0 Å². The van der Waals surface area contributed by atoms with E-state index in [-0.39, 0.29) is 5.91 Å². The number of aliphatic imine (C=N–C) groups is 1. The van der Waals surface area contributed by atoms with E-state index in [4.69, 9.17) is 0 Å². The molecule has 0 unspecified atom stereocenters. The van der Waals surface area contributed by atoms with Crippen molar-refractivity contribution >= 4 is 11.9 Å². The molecule has 0 aliphatic carbocycles. The van der Waals surface area contributed by atoms with Crippen LogP contribution >= 0.6 is 0 Å². The number of hydrogen-bond acceptors (Lipinski definition) is 2. The molecule has 26 heavy (non-hydrogen) atoms. The van der Waals surface area contributed by atoms with Crippen molar-refractivity contribution < 1.29 is 4.79 Å². The fraction of sp³-hybridized carbons (Fsp3) is 0.333. The van der Waals surface area contributed by atoms with Crippen molar-refractivity contribution in [3.05, 3.63) is 70.8 Å². The third-order valence-electron chi connectivity index (χ3n) is 4.09. The van der Waals surface area contributed by atoms with E-state index >= 15 is 0 Å². The standard InChI is InChI=1S/C21H28N4O/c1-16-8-10-18(11-9-16)15-25(4)21(22-3)24-13-12-23-20(26)19-7-5-6-17(2)14-19/h5-11,14H,12-13,15H2,1-4H3,(H,22,24)(H,23,26). The lowest BCUT2D eigenvalue weighted by Crippen LogP contribution is -2.42. The van der Waals surface area contributed by atoms with Crippen molar-refractivity contribution in [2.24, 2.45) is 4.99 Å². The number of benzene rings is 2. The van der Waals surface area contributed by atoms with Gasteiger partial charge in [0.15, 0.2) is 5.96 Å². The highest BCUT2D eigenvalue weighted by molar-refractivity contribution is 5.94. The predicted molar refractivity (Wildman–Crippen MR) is 108 cm³/mol. The van der Waals surface area contributed by atoms with Crippen molar-refractivity contribution in [1.82, 2.24) is 15.5 Å². The molecule has 1 amide bonds. The van der Waals surface area contributed by atoms with Gasteiger partial charge in [0, 0.05) is 39.3 Å². The Bertz CT molecular complexity index is 753. The molecule has 2 N–H and O–H groups in total. The Kier molecular flexibility index (Phi) is 7.21. The van der Waals surface area contributed by atoms with Crippen LogP contribution in [0.3, 0.4) is 0 Å². The molecule has 2 rings (SSSR count). The number of hydrogen-bond donors (Lipinski definition) is 2. The van der Waals surface area contributed by atoms with E-state index in [1.165, 1.54) is 11.1 Å². The van der Waals surface area contributed by atoms with Gasteiger partial charge in [-0.15, -0.1) is 0 Å². The van der Waals surface area contributed by atoms with Crippen LogP contribution in [0.1, 0.15) is 27.0 Å². The van der Waals surface area contributed by atoms with Crippen LogP contribution < -0.4 is 10.6 Å². The maximum Gasteiger partial charge on any atom is 0.251 e. The Hall–Kier alpha value is -2.82. The molecule has 5 nitrogen and oxygen atoms in total. The third-order valence-corrected chi connectivity index (χ3v) is 4.09. The van der Waals surface area contributed by atoms with E-state index in [1.807, 2.05) is 38.2 Å². The average Bonchev–Trinajstić information content (AvgIpc) is 2.63. The summed E-state index contributed by atoms with van der Waals surface area (Å²) in [6.45, 7) is 5.98. The molecular formula is C21H28N4O. The van der Waals surface area contributed by atoms with E-state index in [2.05, 4.69) is 51.7 Å². The Labute approximate surface area is 156 Å². The first-order valence-electron chi connectivity index (χ1n) is 8.82. The number of rotatable bonds is 6. The van der Waals surface area contributed by atoms with Crippen LogP contribution in [0.5, 0.6) is 0 Å². The second kappa shape index (κ2) is 9.61. The summed E-state index contributed by atoms with van der Waals surface area (Å²) in [6.07, 6.45) is 0. The van der Waals surface area contributed by atoms with Gasteiger partial charge >= 0.3 is 0 Å². The normalized spacial score (nSPS) is 11.2. The summed E-state index contributed by atoms with van der Waals surface area (Å²) < 4.78 is 0. The van der Waals surface area contributed by atoms with Gasteiger partial charge in [-0.3, -0.25) is 9.79 Å². The van der Waals surface area contributed by atoms with Crippen molar-refractivity contribution in [2.75, 3.05) is 27.2 Å². The van der Waals surface area contributed by atoms with Gasteiger partial charge in [-0.05, 0) is 31.5 Å². The Morgan fingerprint density at radius 1 is 1.00 bits per heavy atom. The molecule has 0 saturated heterocycles. The highest BCUT2D eigenvalue weighted by Gasteiger charge is 2.07. The molecule has 2 aromatic rings. The van der Waals surface area contributed by atoms with Gasteiger partial charge in [0.05, 0.1) is 0 Å². The molecule has 5 heteroatoms. The number of carbonyl (C=O) groups is 1. The number of nitrogens with one attached hydrogen (secondary N) is 2. The fourth-order valence-electron chi connectivity index (χ4n) is 2.67. The van der Waals surface area contributed by atoms with Crippen molar-refractivity contribution in [2.45, 2.75) is 20.4 Å². The predicted octanol–water partition coefficient (Wildman–Crippen LogP) is 2.74. The molecule has 0 spiro atoms. The van der Waals surface area contributed by atoms with Crippen LogP contribution in [-0.4, -0.2) is 44.0 Å². The zero-order valence-corrected chi connectivity index (χ0v) is 16.0. The summed E-state index contributed by atoms with van der Waals surface area (Å²) in [5.41, 5.74) is 4.25. The molecule has 0 aromatic heterocycles. The van der Waals surface area contributed by atoms with Gasteiger partial charge in [-0.1, -0.05) is 47.5 Å². The van der Waals surface area contributed by atoms with Gasteiger partial charge in [0.25, 0.3) is 5.91 Å². The van der Waals surface area contributed by atoms with Crippen molar-refractivity contribution in [1.29, 1.82) is 0 Å². The topological polar surface area (TPSA) is 56.7 Å². The second-order valence-electron chi connectivity index (χ2n) is 6.44. The molecule has 0 aliphatic heterocycles. The molecule has 0 bridgehead atoms. The first-order chi connectivity index (χ1) is 12.5. The van der Waals surface area contributed by atoms with E-state index in [9.17, 15) is 4.79 Å². The molecule has 0 radical (unpaired) electrons. The highest BCUT2D eigenvalue weighted by Crippen LogP contribution is 2.06. The first-order valence-corrected chi connectivity index (χ1v) is 8.82. The average molecular weight is 352 g/mol. The fourth-order valence-corrected chi connectivity index (χ4v) is 2.67. The lowest BCUT2D eigenvalue weighted by molar-refractivity contribution is 0.0954. The Morgan fingerprint density at radius 3 is 2.35 bits per heavy atom. The summed E-state index contributed by atoms with van der Waals surface area (Å²) in [5, 5.41) is 6.21. The smallest absolute Gasteiger partial charge is 0.251 e. The van der Waals surface area contributed by atoms with Crippen molar-refractivity contribution in [3.8, 4) is 0 Å². The van der Waals surface area contributed by atoms with Crippen LogP contribution in [-0.2, 0) is 6.54 Å². The van der Waals surface area contributed by atoms with Crippen LogP contribution in [0, 0.1) is 13.8 Å². The van der Waals surface area contributed by atoms with Crippen LogP contribution in [0.15, 0.2) is 53.5 Å². The number of aryl methyl sites for hydroxylation is 2. The van der Waals surface area contributed by atoms with Crippen LogP contribution in [0.4, 0.5) is 0 Å². The Morgan fingerprint density at radius 2 is 1.69 bits per heavy atom. The highest BCUT2D eigenvalue weighted by atomic mass is 16.1. The summed E-state index contributed by atoms with van der Waals surface area (Å²) >= 11 is 0. The minimum atomic E-state index is -0.0569. The minimum Gasteiger partial charge on any atom is -0.354 e. The molecule has 0 fully saturated rings. The number of nitrogens with zero attached hydrogens (tertiary/aromatic N) is 2. The number of amides is 1. The van der Waals surface area contributed by atoms with Gasteiger partial charge in [0.2, 0.25) is 0 Å². The molecular weight excluding hydrogens is 324 g/mol. The minimum absolute atomic E-state index is 0.0569. The van der Waals surface area contributed by atoms with Gasteiger partial charge < -0.3 is 15.5 Å². The molecule has 0 saturated carbocycles. The van der Waals surface area contributed by atoms with Crippen LogP contribution in [0.25, 0.3) is 0 Å². The van der Waals surface area contributed by atoms with E-state index in [0.29, 0.717) is 18.7 Å². The van der Waals surface area contributed by atoms with Gasteiger partial charge in [-0.25, -0.2) is 0 Å². The maximum absolute atomic E-state index is 12.1. The zero-order valence-electron chi connectivity index (χ0n) is 16.0. The first kappa shape index (κ1) is 19.5. The molecule has 138 valence electrons. The number of guanidine groups is 1. The molecule has 0 atom stereocenters. The molecule has 2 aromatic carbocycles. The summed E-state index contributed by atoms with van der Waals surface area (Å²) in [4.78, 5) is 18.5. The Balaban J connectivity index is 1.77. The monoisotopic (exact) mass is 352 g/mol. The maximum atomic E-state index is 12.1. The molecule has 0 heterocycles. The summed E-state index contributed by atoms with van der Waals surface area (Å²) in [5.74, 6) is 0.744.